The van der Waals surface area contributed by atoms with Gasteiger partial charge in [-0.05, 0) is 25.3 Å². The molecule has 2 rings (SSSR count). The minimum Gasteiger partial charge on any atom is -0.313 e. The molecule has 0 radical (unpaired) electrons. The quantitative estimate of drug-likeness (QED) is 0.886. The van der Waals surface area contributed by atoms with Crippen molar-refractivity contribution in [3.63, 3.8) is 0 Å². The highest BCUT2D eigenvalue weighted by atomic mass is 16.2. The molecule has 18 heavy (non-hydrogen) atoms. The molecule has 1 N–H and O–H groups in total. The van der Waals surface area contributed by atoms with E-state index in [1.165, 1.54) is 0 Å². The molecule has 1 amide bonds. The second kappa shape index (κ2) is 5.11. The predicted molar refractivity (Wildman–Crippen MR) is 74.6 cm³/mol. The number of nitrogens with zero attached hydrogens (tertiary/aromatic N) is 1. The molecule has 3 heteroatoms. The molecule has 0 fully saturated rings. The monoisotopic (exact) mass is 246 g/mol. The average molecular weight is 246 g/mol. The zero-order valence-corrected chi connectivity index (χ0v) is 11.6. The van der Waals surface area contributed by atoms with E-state index in [1.54, 1.807) is 4.90 Å². The second-order valence-electron chi connectivity index (χ2n) is 5.59. The normalized spacial score (nSPS) is 20.4. The first-order chi connectivity index (χ1) is 8.50. The van der Waals surface area contributed by atoms with Gasteiger partial charge in [-0.25, -0.2) is 0 Å². The number of anilines is 1. The summed E-state index contributed by atoms with van der Waals surface area (Å²) in [5.41, 5.74) is 2.12. The van der Waals surface area contributed by atoms with Crippen LogP contribution in [0.1, 0.15) is 38.8 Å². The maximum Gasteiger partial charge on any atom is 0.248 e. The first-order valence-electron chi connectivity index (χ1n) is 6.63. The summed E-state index contributed by atoms with van der Waals surface area (Å²) in [6, 6.07) is 8.17. The topological polar surface area (TPSA) is 32.3 Å². The predicted octanol–water partition coefficient (Wildman–Crippen LogP) is 2.73. The van der Waals surface area contributed by atoms with Crippen molar-refractivity contribution in [1.82, 2.24) is 5.32 Å². The number of fused-ring (bicyclic) bond motifs is 1. The summed E-state index contributed by atoms with van der Waals surface area (Å²) in [4.78, 5) is 14.0. The molecule has 0 aromatic heterocycles. The molecule has 1 heterocycles. The van der Waals surface area contributed by atoms with Gasteiger partial charge in [0.2, 0.25) is 5.91 Å². The number of nitrogens with one attached hydrogen (secondary N) is 1. The van der Waals surface area contributed by atoms with Gasteiger partial charge in [0.05, 0.1) is 0 Å². The number of hydrogen-bond donors (Lipinski definition) is 1. The minimum atomic E-state index is -0.181. The Labute approximate surface area is 109 Å². The molecule has 0 spiro atoms. The van der Waals surface area contributed by atoms with Gasteiger partial charge in [-0.15, -0.1) is 0 Å². The van der Waals surface area contributed by atoms with Crippen LogP contribution in [0.15, 0.2) is 24.3 Å². The Kier molecular flexibility index (Phi) is 3.71. The third-order valence-corrected chi connectivity index (χ3v) is 3.46. The zero-order valence-electron chi connectivity index (χ0n) is 11.6. The molecule has 1 aromatic rings. The van der Waals surface area contributed by atoms with E-state index >= 15 is 0 Å². The van der Waals surface area contributed by atoms with E-state index in [0.717, 1.165) is 17.7 Å². The van der Waals surface area contributed by atoms with Gasteiger partial charge < -0.3 is 4.90 Å². The molecule has 1 aromatic carbocycles. The van der Waals surface area contributed by atoms with Crippen LogP contribution in [0.4, 0.5) is 5.69 Å². The van der Waals surface area contributed by atoms with Crippen LogP contribution in [0.25, 0.3) is 0 Å². The molecule has 2 unspecified atom stereocenters. The van der Waals surface area contributed by atoms with E-state index in [1.807, 2.05) is 31.3 Å². The standard InChI is InChI=1S/C15H22N2O/c1-10(2)9-11(3)16-14-12-7-5-6-8-13(12)17(4)15(14)18/h5-8,10-11,14,16H,9H2,1-4H3. The van der Waals surface area contributed by atoms with Gasteiger partial charge in [-0.2, -0.15) is 0 Å². The summed E-state index contributed by atoms with van der Waals surface area (Å²) in [6.07, 6.45) is 1.08. The number of hydrogen-bond acceptors (Lipinski definition) is 2. The Morgan fingerprint density at radius 3 is 2.61 bits per heavy atom. The van der Waals surface area contributed by atoms with Crippen molar-refractivity contribution in [3.8, 4) is 0 Å². The van der Waals surface area contributed by atoms with Gasteiger partial charge in [-0.1, -0.05) is 32.0 Å². The van der Waals surface area contributed by atoms with Crippen molar-refractivity contribution >= 4 is 11.6 Å². The lowest BCUT2D eigenvalue weighted by atomic mass is 10.0. The first kappa shape index (κ1) is 13.1. The molecule has 98 valence electrons. The van der Waals surface area contributed by atoms with Crippen LogP contribution >= 0.6 is 0 Å². The second-order valence-corrected chi connectivity index (χ2v) is 5.59. The lowest BCUT2D eigenvalue weighted by Crippen LogP contribution is -2.37. The Hall–Kier alpha value is -1.35. The number of carbonyl (C=O) groups excluding carboxylic acids is 1. The van der Waals surface area contributed by atoms with Crippen LogP contribution in [0, 0.1) is 5.92 Å². The van der Waals surface area contributed by atoms with Crippen LogP contribution in [0.2, 0.25) is 0 Å². The molecule has 0 aliphatic carbocycles. The van der Waals surface area contributed by atoms with Gasteiger partial charge >= 0.3 is 0 Å². The Bertz CT molecular complexity index is 442. The van der Waals surface area contributed by atoms with Gasteiger partial charge in [0.15, 0.2) is 0 Å². The van der Waals surface area contributed by atoms with Gasteiger partial charge in [-0.3, -0.25) is 10.1 Å². The SMILES string of the molecule is CC(C)CC(C)NC1C(=O)N(C)c2ccccc21. The summed E-state index contributed by atoms with van der Waals surface area (Å²) in [5.74, 6) is 0.781. The third kappa shape index (κ3) is 2.41. The van der Waals surface area contributed by atoms with Crippen molar-refractivity contribution in [1.29, 1.82) is 0 Å². The van der Waals surface area contributed by atoms with E-state index in [2.05, 4.69) is 26.1 Å². The fraction of sp³-hybridized carbons (Fsp3) is 0.533. The maximum atomic E-state index is 12.2. The van der Waals surface area contributed by atoms with Crippen molar-refractivity contribution in [3.05, 3.63) is 29.8 Å². The molecule has 0 bridgehead atoms. The van der Waals surface area contributed by atoms with E-state index in [4.69, 9.17) is 0 Å². The number of rotatable bonds is 4. The summed E-state index contributed by atoms with van der Waals surface area (Å²) < 4.78 is 0. The fourth-order valence-electron chi connectivity index (χ4n) is 2.70. The third-order valence-electron chi connectivity index (χ3n) is 3.46. The van der Waals surface area contributed by atoms with Crippen LogP contribution < -0.4 is 10.2 Å². The van der Waals surface area contributed by atoms with Gasteiger partial charge in [0.1, 0.15) is 6.04 Å². The molecular weight excluding hydrogens is 224 g/mol. The first-order valence-corrected chi connectivity index (χ1v) is 6.63. The van der Waals surface area contributed by atoms with Crippen molar-refractivity contribution in [2.24, 2.45) is 5.92 Å². The molecule has 0 saturated carbocycles. The number of likely N-dealkylation sites (N-methyl/N-ethyl adjacent to an activating group) is 1. The van der Waals surface area contributed by atoms with Crippen LogP contribution in [-0.2, 0) is 4.79 Å². The Morgan fingerprint density at radius 1 is 1.28 bits per heavy atom. The zero-order chi connectivity index (χ0) is 13.3. The number of carbonyl (C=O) groups is 1. The van der Waals surface area contributed by atoms with Crippen LogP contribution in [-0.4, -0.2) is 19.0 Å². The van der Waals surface area contributed by atoms with Crippen molar-refractivity contribution < 1.29 is 4.79 Å². The molecular formula is C15H22N2O. The molecule has 1 aliphatic heterocycles. The highest BCUT2D eigenvalue weighted by molar-refractivity contribution is 6.04. The van der Waals surface area contributed by atoms with Gasteiger partial charge in [0.25, 0.3) is 0 Å². The smallest absolute Gasteiger partial charge is 0.248 e. The highest BCUT2D eigenvalue weighted by Gasteiger charge is 2.35. The van der Waals surface area contributed by atoms with E-state index in [-0.39, 0.29) is 11.9 Å². The van der Waals surface area contributed by atoms with Gasteiger partial charge in [0, 0.05) is 24.3 Å². The summed E-state index contributed by atoms with van der Waals surface area (Å²) >= 11 is 0. The maximum absolute atomic E-state index is 12.2. The van der Waals surface area contributed by atoms with Crippen LogP contribution in [0.5, 0.6) is 0 Å². The Balaban J connectivity index is 2.16. The summed E-state index contributed by atoms with van der Waals surface area (Å²) in [7, 11) is 1.84. The van der Waals surface area contributed by atoms with Crippen molar-refractivity contribution in [2.45, 2.75) is 39.3 Å². The summed E-state index contributed by atoms with van der Waals surface area (Å²) in [6.45, 7) is 6.55. The Morgan fingerprint density at radius 2 is 1.94 bits per heavy atom. The average Bonchev–Trinajstić information content (AvgIpc) is 2.54. The minimum absolute atomic E-state index is 0.145. The molecule has 3 nitrogen and oxygen atoms in total. The summed E-state index contributed by atoms with van der Waals surface area (Å²) in [5, 5.41) is 3.46. The molecule has 2 atom stereocenters. The van der Waals surface area contributed by atoms with Crippen LogP contribution in [0.3, 0.4) is 0 Å². The van der Waals surface area contributed by atoms with E-state index in [9.17, 15) is 4.79 Å². The largest absolute Gasteiger partial charge is 0.313 e. The van der Waals surface area contributed by atoms with E-state index in [0.29, 0.717) is 12.0 Å². The number of benzene rings is 1. The van der Waals surface area contributed by atoms with Crippen molar-refractivity contribution in [2.75, 3.05) is 11.9 Å². The lowest BCUT2D eigenvalue weighted by molar-refractivity contribution is -0.119. The lowest BCUT2D eigenvalue weighted by Gasteiger charge is -2.20. The highest BCUT2D eigenvalue weighted by Crippen LogP contribution is 2.34. The molecule has 1 aliphatic rings. The fourth-order valence-corrected chi connectivity index (χ4v) is 2.70. The number of para-hydroxylation sites is 1. The number of amides is 1. The van der Waals surface area contributed by atoms with E-state index < -0.39 is 0 Å². The molecule has 0 saturated heterocycles.